The zero-order chi connectivity index (χ0) is 31.8. The largest absolute Gasteiger partial charge is 0.490 e. The molecule has 45 heavy (non-hydrogen) atoms. The average molecular weight is 631 g/mol. The van der Waals surface area contributed by atoms with Crippen molar-refractivity contribution in [1.82, 2.24) is 24.6 Å². The van der Waals surface area contributed by atoms with Gasteiger partial charge in [0.05, 0.1) is 36.1 Å². The lowest BCUT2D eigenvalue weighted by Crippen LogP contribution is -2.40. The van der Waals surface area contributed by atoms with Gasteiger partial charge in [0.2, 0.25) is 5.91 Å². The molecule has 12 heteroatoms. The number of carbonyl (C=O) groups excluding carboxylic acids is 1. The molecular formula is C33H32F2N6O3S. The molecule has 9 nitrogen and oxygen atoms in total. The second-order valence-electron chi connectivity index (χ2n) is 10.8. The lowest BCUT2D eigenvalue weighted by Gasteiger charge is -2.33. The van der Waals surface area contributed by atoms with E-state index in [0.717, 1.165) is 33.2 Å². The van der Waals surface area contributed by atoms with E-state index < -0.39 is 11.6 Å². The summed E-state index contributed by atoms with van der Waals surface area (Å²) in [5.41, 5.74) is 3.63. The van der Waals surface area contributed by atoms with Gasteiger partial charge < -0.3 is 19.3 Å². The summed E-state index contributed by atoms with van der Waals surface area (Å²) in [5, 5.41) is 7.60. The van der Waals surface area contributed by atoms with Crippen LogP contribution in [0.25, 0.3) is 43.9 Å². The van der Waals surface area contributed by atoms with E-state index in [9.17, 15) is 9.18 Å². The second kappa shape index (κ2) is 12.4. The van der Waals surface area contributed by atoms with E-state index in [1.54, 1.807) is 11.1 Å². The predicted octanol–water partition coefficient (Wildman–Crippen LogP) is 6.35. The van der Waals surface area contributed by atoms with Crippen LogP contribution in [0.3, 0.4) is 0 Å². The first-order valence-electron chi connectivity index (χ1n) is 14.4. The molecule has 0 spiro atoms. The third-order valence-electron chi connectivity index (χ3n) is 7.86. The average Bonchev–Trinajstić information content (AvgIpc) is 3.69. The van der Waals surface area contributed by atoms with Crippen molar-refractivity contribution in [2.75, 3.05) is 45.9 Å². The van der Waals surface area contributed by atoms with Crippen LogP contribution in [0, 0.1) is 11.6 Å². The summed E-state index contributed by atoms with van der Waals surface area (Å²) in [6, 6.07) is 9.41. The molecule has 0 saturated carbocycles. The smallest absolute Gasteiger partial charge is 0.246 e. The van der Waals surface area contributed by atoms with Crippen molar-refractivity contribution in [2.24, 2.45) is 0 Å². The van der Waals surface area contributed by atoms with E-state index >= 15 is 4.39 Å². The molecule has 0 N–H and O–H groups in total. The molecule has 6 rings (SSSR count). The molecule has 1 aliphatic heterocycles. The normalized spacial score (nSPS) is 14.4. The summed E-state index contributed by atoms with van der Waals surface area (Å²) in [5.74, 6) is -0.894. The Hall–Kier alpha value is -4.68. The number of anilines is 1. The molecule has 0 fully saturated rings. The quantitative estimate of drug-likeness (QED) is 0.139. The van der Waals surface area contributed by atoms with Gasteiger partial charge in [-0.15, -0.1) is 11.3 Å². The van der Waals surface area contributed by atoms with Gasteiger partial charge in [0.1, 0.15) is 41.2 Å². The van der Waals surface area contributed by atoms with E-state index in [4.69, 9.17) is 19.6 Å². The molecule has 1 aliphatic rings. The Bertz CT molecular complexity index is 1900. The van der Waals surface area contributed by atoms with Crippen LogP contribution >= 0.6 is 11.3 Å². The van der Waals surface area contributed by atoms with Crippen LogP contribution in [0.15, 0.2) is 60.6 Å². The number of carbonyl (C=O) groups is 1. The minimum atomic E-state index is -0.787. The fourth-order valence-corrected chi connectivity index (χ4v) is 6.58. The van der Waals surface area contributed by atoms with Gasteiger partial charge in [-0.05, 0) is 42.6 Å². The highest BCUT2D eigenvalue weighted by Crippen LogP contribution is 2.47. The lowest BCUT2D eigenvalue weighted by molar-refractivity contribution is -0.129. The summed E-state index contributed by atoms with van der Waals surface area (Å²) >= 11 is 1.42. The summed E-state index contributed by atoms with van der Waals surface area (Å²) < 4.78 is 44.2. The molecule has 0 radical (unpaired) electrons. The molecule has 0 saturated heterocycles. The highest BCUT2D eigenvalue weighted by atomic mass is 32.1. The number of benzene rings is 1. The van der Waals surface area contributed by atoms with E-state index in [0.29, 0.717) is 35.7 Å². The SMILES string of the molecule is C=CC(=O)N1CCn2nc(-c3nc(-c4ccc(N(C)C)nc4)c4ccsc4c3-c3c(F)cc(F)cc3OCCOC)cc2C1C. The first-order valence-corrected chi connectivity index (χ1v) is 15.3. The van der Waals surface area contributed by atoms with Gasteiger partial charge >= 0.3 is 0 Å². The molecule has 1 unspecified atom stereocenters. The van der Waals surface area contributed by atoms with E-state index in [2.05, 4.69) is 11.6 Å². The number of thiophene rings is 1. The maximum atomic E-state index is 16.0. The number of nitrogens with zero attached hydrogens (tertiary/aromatic N) is 6. The molecule has 4 aromatic heterocycles. The van der Waals surface area contributed by atoms with E-state index in [-0.39, 0.29) is 36.5 Å². The van der Waals surface area contributed by atoms with E-state index in [1.807, 2.05) is 60.2 Å². The first-order chi connectivity index (χ1) is 21.7. The topological polar surface area (TPSA) is 85.6 Å². The molecule has 0 bridgehead atoms. The number of aromatic nitrogens is 4. The Morgan fingerprint density at radius 3 is 2.67 bits per heavy atom. The molecule has 232 valence electrons. The zero-order valence-electron chi connectivity index (χ0n) is 25.4. The van der Waals surface area contributed by atoms with Crippen molar-refractivity contribution < 1.29 is 23.0 Å². The van der Waals surface area contributed by atoms with Crippen molar-refractivity contribution in [1.29, 1.82) is 0 Å². The minimum Gasteiger partial charge on any atom is -0.490 e. The van der Waals surface area contributed by atoms with Crippen molar-refractivity contribution in [3.8, 4) is 39.5 Å². The van der Waals surface area contributed by atoms with Gasteiger partial charge in [-0.25, -0.2) is 18.7 Å². The molecular weight excluding hydrogens is 598 g/mol. The van der Waals surface area contributed by atoms with E-state index in [1.165, 1.54) is 30.6 Å². The Morgan fingerprint density at radius 2 is 1.96 bits per heavy atom. The summed E-state index contributed by atoms with van der Waals surface area (Å²) in [6.45, 7) is 6.82. The maximum absolute atomic E-state index is 16.0. The van der Waals surface area contributed by atoms with Crippen LogP contribution in [0.5, 0.6) is 5.75 Å². The van der Waals surface area contributed by atoms with Gasteiger partial charge in [-0.2, -0.15) is 5.10 Å². The van der Waals surface area contributed by atoms with Crippen LogP contribution in [0.2, 0.25) is 0 Å². The highest BCUT2D eigenvalue weighted by molar-refractivity contribution is 7.18. The fourth-order valence-electron chi connectivity index (χ4n) is 5.63. The Morgan fingerprint density at radius 1 is 1.13 bits per heavy atom. The zero-order valence-corrected chi connectivity index (χ0v) is 26.2. The molecule has 1 atom stereocenters. The Balaban J connectivity index is 1.62. The van der Waals surface area contributed by atoms with Crippen molar-refractivity contribution in [3.05, 3.63) is 78.0 Å². The Labute approximate surface area is 263 Å². The molecule has 1 amide bonds. The molecule has 5 heterocycles. The van der Waals surface area contributed by atoms with Gasteiger partial charge in [0.25, 0.3) is 0 Å². The van der Waals surface area contributed by atoms with Crippen LogP contribution in [-0.2, 0) is 16.1 Å². The maximum Gasteiger partial charge on any atom is 0.246 e. The van der Waals surface area contributed by atoms with Crippen molar-refractivity contribution in [2.45, 2.75) is 19.5 Å². The van der Waals surface area contributed by atoms with Crippen LogP contribution < -0.4 is 9.64 Å². The number of fused-ring (bicyclic) bond motifs is 2. The molecule has 5 aromatic rings. The number of hydrogen-bond acceptors (Lipinski definition) is 8. The predicted molar refractivity (Wildman–Crippen MR) is 171 cm³/mol. The number of rotatable bonds is 9. The standard InChI is InChI=1S/C33H32F2N6O3S/c1-6-28(42)40-10-11-41-25(19(40)2)17-24(38-41)32-30(29-23(35)15-21(34)16-26(29)44-13-12-43-5)33-22(9-14-45-33)31(37-32)20-7-8-27(36-18-20)39(3)4/h6-9,14-19H,1,10-13H2,2-5H3. The number of ether oxygens (including phenoxy) is 2. The molecule has 1 aromatic carbocycles. The summed E-state index contributed by atoms with van der Waals surface area (Å²) in [7, 11) is 5.36. The monoisotopic (exact) mass is 630 g/mol. The summed E-state index contributed by atoms with van der Waals surface area (Å²) in [4.78, 5) is 25.9. The second-order valence-corrected chi connectivity index (χ2v) is 11.8. The van der Waals surface area contributed by atoms with Gasteiger partial charge in [-0.3, -0.25) is 9.48 Å². The Kier molecular flexibility index (Phi) is 8.34. The van der Waals surface area contributed by atoms with Crippen molar-refractivity contribution >= 4 is 33.1 Å². The van der Waals surface area contributed by atoms with Gasteiger partial charge in [0, 0.05) is 67.3 Å². The third kappa shape index (κ3) is 5.55. The lowest BCUT2D eigenvalue weighted by atomic mass is 9.96. The number of pyridine rings is 2. The number of methoxy groups -OCH3 is 1. The number of hydrogen-bond donors (Lipinski definition) is 0. The first kappa shape index (κ1) is 30.4. The number of halogens is 2. The van der Waals surface area contributed by atoms with Crippen molar-refractivity contribution in [3.63, 3.8) is 0 Å². The third-order valence-corrected chi connectivity index (χ3v) is 8.79. The van der Waals surface area contributed by atoms with Gasteiger partial charge in [-0.1, -0.05) is 6.58 Å². The van der Waals surface area contributed by atoms with Crippen LogP contribution in [0.1, 0.15) is 18.7 Å². The van der Waals surface area contributed by atoms with Crippen LogP contribution in [-0.4, -0.2) is 71.5 Å². The fraction of sp³-hybridized carbons (Fsp3) is 0.273. The van der Waals surface area contributed by atoms with Crippen LogP contribution in [0.4, 0.5) is 14.6 Å². The minimum absolute atomic E-state index is 0.0344. The summed E-state index contributed by atoms with van der Waals surface area (Å²) in [6.07, 6.45) is 3.06. The van der Waals surface area contributed by atoms with Gasteiger partial charge in [0.15, 0.2) is 0 Å². The molecule has 0 aliphatic carbocycles. The highest BCUT2D eigenvalue weighted by Gasteiger charge is 2.31. The number of amides is 1.